The maximum absolute atomic E-state index is 12.6. The molecule has 1 aliphatic rings. The molecule has 4 rings (SSSR count). The van der Waals surface area contributed by atoms with Gasteiger partial charge in [0.15, 0.2) is 11.5 Å². The minimum atomic E-state index is -0.166. The van der Waals surface area contributed by atoms with Gasteiger partial charge in [-0.05, 0) is 63.2 Å². The molecule has 1 saturated heterocycles. The van der Waals surface area contributed by atoms with Crippen molar-refractivity contribution in [3.8, 4) is 28.6 Å². The van der Waals surface area contributed by atoms with Crippen LogP contribution in [0.4, 0.5) is 5.69 Å². The lowest BCUT2D eigenvalue weighted by Crippen LogP contribution is -2.24. The molecule has 168 valence electrons. The second-order valence-corrected chi connectivity index (χ2v) is 7.82. The van der Waals surface area contributed by atoms with Crippen LogP contribution in [0.25, 0.3) is 11.4 Å². The first-order chi connectivity index (χ1) is 15.5. The van der Waals surface area contributed by atoms with E-state index in [1.54, 1.807) is 12.0 Å². The minimum Gasteiger partial charge on any atom is -0.494 e. The lowest BCUT2D eigenvalue weighted by atomic mass is 10.1. The number of hydrogen-bond acceptors (Lipinski definition) is 7. The molecular weight excluding hydrogens is 410 g/mol. The summed E-state index contributed by atoms with van der Waals surface area (Å²) in [4.78, 5) is 18.9. The molecule has 1 unspecified atom stereocenters. The van der Waals surface area contributed by atoms with E-state index in [4.69, 9.17) is 18.7 Å². The van der Waals surface area contributed by atoms with Gasteiger partial charge >= 0.3 is 0 Å². The summed E-state index contributed by atoms with van der Waals surface area (Å²) < 4.78 is 22.2. The molecule has 1 aliphatic heterocycles. The zero-order chi connectivity index (χ0) is 22.7. The van der Waals surface area contributed by atoms with Gasteiger partial charge in [0.1, 0.15) is 5.75 Å². The Bertz CT molecular complexity index is 1080. The molecule has 0 N–H and O–H groups in total. The number of benzene rings is 2. The number of hydrogen-bond donors (Lipinski definition) is 0. The SMILES string of the molecule is CCOc1ccc(N2CC(c3nc(-c4ccc(OC(C)C)c(OC)c4)no3)CC2=O)cc1. The van der Waals surface area contributed by atoms with Crippen LogP contribution in [0.5, 0.6) is 17.2 Å². The van der Waals surface area contributed by atoms with Crippen LogP contribution in [0, 0.1) is 0 Å². The summed E-state index contributed by atoms with van der Waals surface area (Å²) in [5.74, 6) is 2.78. The van der Waals surface area contributed by atoms with Gasteiger partial charge in [0, 0.05) is 24.2 Å². The molecule has 3 aromatic rings. The highest BCUT2D eigenvalue weighted by Gasteiger charge is 2.35. The van der Waals surface area contributed by atoms with Crippen molar-refractivity contribution in [3.63, 3.8) is 0 Å². The smallest absolute Gasteiger partial charge is 0.232 e. The highest BCUT2D eigenvalue weighted by atomic mass is 16.5. The average Bonchev–Trinajstić information content (AvgIpc) is 3.41. The molecule has 32 heavy (non-hydrogen) atoms. The number of nitrogens with zero attached hydrogens (tertiary/aromatic N) is 3. The predicted molar refractivity (Wildman–Crippen MR) is 119 cm³/mol. The topological polar surface area (TPSA) is 86.9 Å². The van der Waals surface area contributed by atoms with Gasteiger partial charge in [-0.3, -0.25) is 4.79 Å². The summed E-state index contributed by atoms with van der Waals surface area (Å²) in [5, 5.41) is 4.12. The molecule has 0 bridgehead atoms. The van der Waals surface area contributed by atoms with Crippen LogP contribution in [0.2, 0.25) is 0 Å². The van der Waals surface area contributed by atoms with Crippen molar-refractivity contribution in [1.29, 1.82) is 0 Å². The Morgan fingerprint density at radius 3 is 2.62 bits per heavy atom. The standard InChI is InChI=1S/C24H27N3O5/c1-5-30-19-9-7-18(8-10-19)27-14-17(13-22(27)28)24-25-23(26-32-24)16-6-11-20(31-15(2)3)21(12-16)29-4/h6-12,15,17H,5,13-14H2,1-4H3. The molecule has 1 atom stereocenters. The number of methoxy groups -OCH3 is 1. The van der Waals surface area contributed by atoms with Gasteiger partial charge in [-0.25, -0.2) is 0 Å². The van der Waals surface area contributed by atoms with Crippen LogP contribution < -0.4 is 19.1 Å². The Morgan fingerprint density at radius 2 is 1.94 bits per heavy atom. The molecule has 8 nitrogen and oxygen atoms in total. The summed E-state index contributed by atoms with van der Waals surface area (Å²) in [6, 6.07) is 13.0. The summed E-state index contributed by atoms with van der Waals surface area (Å²) in [6.07, 6.45) is 0.351. The fraction of sp³-hybridized carbons (Fsp3) is 0.375. The van der Waals surface area contributed by atoms with Crippen molar-refractivity contribution >= 4 is 11.6 Å². The number of rotatable bonds is 8. The third kappa shape index (κ3) is 4.54. The fourth-order valence-electron chi connectivity index (χ4n) is 3.69. The van der Waals surface area contributed by atoms with Crippen LogP contribution in [-0.4, -0.2) is 42.4 Å². The number of carbonyl (C=O) groups is 1. The number of amides is 1. The van der Waals surface area contributed by atoms with Gasteiger partial charge < -0.3 is 23.6 Å². The van der Waals surface area contributed by atoms with Gasteiger partial charge in [0.05, 0.1) is 25.7 Å². The normalized spacial score (nSPS) is 16.0. The second-order valence-electron chi connectivity index (χ2n) is 7.82. The van der Waals surface area contributed by atoms with Crippen molar-refractivity contribution in [3.05, 3.63) is 48.4 Å². The molecule has 0 radical (unpaired) electrons. The number of anilines is 1. The van der Waals surface area contributed by atoms with Crippen LogP contribution >= 0.6 is 0 Å². The van der Waals surface area contributed by atoms with Crippen molar-refractivity contribution < 1.29 is 23.5 Å². The van der Waals surface area contributed by atoms with Crippen molar-refractivity contribution in [2.24, 2.45) is 0 Å². The van der Waals surface area contributed by atoms with E-state index in [0.29, 0.717) is 42.8 Å². The molecule has 1 aromatic heterocycles. The molecule has 2 heterocycles. The highest BCUT2D eigenvalue weighted by Crippen LogP contribution is 2.35. The minimum absolute atomic E-state index is 0.0239. The quantitative estimate of drug-likeness (QED) is 0.514. The van der Waals surface area contributed by atoms with Crippen LogP contribution in [-0.2, 0) is 4.79 Å². The molecule has 0 aliphatic carbocycles. The first kappa shape index (κ1) is 21.7. The van der Waals surface area contributed by atoms with Gasteiger partial charge in [-0.1, -0.05) is 5.16 Å². The van der Waals surface area contributed by atoms with Gasteiger partial charge in [-0.15, -0.1) is 0 Å². The first-order valence-electron chi connectivity index (χ1n) is 10.7. The van der Waals surface area contributed by atoms with Crippen LogP contribution in [0.15, 0.2) is 47.0 Å². The van der Waals surface area contributed by atoms with E-state index in [1.807, 2.05) is 63.2 Å². The van der Waals surface area contributed by atoms with Crippen molar-refractivity contribution in [2.75, 3.05) is 25.2 Å². The van der Waals surface area contributed by atoms with Crippen LogP contribution in [0.1, 0.15) is 39.0 Å². The van der Waals surface area contributed by atoms with Crippen molar-refractivity contribution in [2.45, 2.75) is 39.2 Å². The molecule has 1 fully saturated rings. The number of carbonyl (C=O) groups excluding carboxylic acids is 1. The first-order valence-corrected chi connectivity index (χ1v) is 10.7. The van der Waals surface area contributed by atoms with Crippen LogP contribution in [0.3, 0.4) is 0 Å². The molecule has 0 spiro atoms. The summed E-state index contributed by atoms with van der Waals surface area (Å²) >= 11 is 0. The zero-order valence-electron chi connectivity index (χ0n) is 18.7. The van der Waals surface area contributed by atoms with E-state index in [0.717, 1.165) is 17.0 Å². The predicted octanol–water partition coefficient (Wildman–Crippen LogP) is 4.45. The summed E-state index contributed by atoms with van der Waals surface area (Å²) in [5.41, 5.74) is 1.58. The highest BCUT2D eigenvalue weighted by molar-refractivity contribution is 5.96. The summed E-state index contributed by atoms with van der Waals surface area (Å²) in [6.45, 7) is 6.93. The Labute approximate surface area is 187 Å². The molecule has 8 heteroatoms. The average molecular weight is 437 g/mol. The van der Waals surface area contributed by atoms with E-state index in [2.05, 4.69) is 10.1 Å². The Hall–Kier alpha value is -3.55. The third-order valence-corrected chi connectivity index (χ3v) is 5.16. The Kier molecular flexibility index (Phi) is 6.30. The third-order valence-electron chi connectivity index (χ3n) is 5.16. The molecule has 0 saturated carbocycles. The lowest BCUT2D eigenvalue weighted by Gasteiger charge is -2.16. The van der Waals surface area contributed by atoms with E-state index < -0.39 is 0 Å². The van der Waals surface area contributed by atoms with E-state index in [-0.39, 0.29) is 17.9 Å². The monoisotopic (exact) mass is 437 g/mol. The Balaban J connectivity index is 1.50. The lowest BCUT2D eigenvalue weighted by molar-refractivity contribution is -0.117. The zero-order valence-corrected chi connectivity index (χ0v) is 18.7. The number of aromatic nitrogens is 2. The molecule has 2 aromatic carbocycles. The fourth-order valence-corrected chi connectivity index (χ4v) is 3.69. The molecule has 1 amide bonds. The van der Waals surface area contributed by atoms with E-state index >= 15 is 0 Å². The maximum Gasteiger partial charge on any atom is 0.232 e. The Morgan fingerprint density at radius 1 is 1.16 bits per heavy atom. The van der Waals surface area contributed by atoms with Gasteiger partial charge in [0.2, 0.25) is 17.6 Å². The van der Waals surface area contributed by atoms with E-state index in [1.165, 1.54) is 0 Å². The van der Waals surface area contributed by atoms with Gasteiger partial charge in [-0.2, -0.15) is 4.98 Å². The summed E-state index contributed by atoms with van der Waals surface area (Å²) in [7, 11) is 1.59. The van der Waals surface area contributed by atoms with Crippen molar-refractivity contribution in [1.82, 2.24) is 10.1 Å². The largest absolute Gasteiger partial charge is 0.494 e. The van der Waals surface area contributed by atoms with E-state index in [9.17, 15) is 4.79 Å². The maximum atomic E-state index is 12.6. The van der Waals surface area contributed by atoms with Gasteiger partial charge in [0.25, 0.3) is 0 Å². The molecular formula is C24H27N3O5. The number of ether oxygens (including phenoxy) is 3. The second kappa shape index (κ2) is 9.30.